The Bertz CT molecular complexity index is 566. The minimum absolute atomic E-state index is 0.0688. The van der Waals surface area contributed by atoms with Crippen LogP contribution in [0, 0.1) is 0 Å². The van der Waals surface area contributed by atoms with Gasteiger partial charge in [-0.1, -0.05) is 31.5 Å². The first-order valence-corrected chi connectivity index (χ1v) is 7.83. The molecule has 0 fully saturated rings. The van der Waals surface area contributed by atoms with Crippen molar-refractivity contribution >= 4 is 11.0 Å². The number of furan rings is 1. The summed E-state index contributed by atoms with van der Waals surface area (Å²) in [6.07, 6.45) is 2.26. The van der Waals surface area contributed by atoms with Crippen molar-refractivity contribution in [3.05, 3.63) is 35.6 Å². The van der Waals surface area contributed by atoms with Crippen molar-refractivity contribution in [2.75, 3.05) is 6.61 Å². The molecular weight excluding hydrogens is 262 g/mol. The smallest absolute Gasteiger partial charge is 0.134 e. The summed E-state index contributed by atoms with van der Waals surface area (Å²) in [6, 6.07) is 8.19. The van der Waals surface area contributed by atoms with Crippen LogP contribution in [-0.4, -0.2) is 12.1 Å². The van der Waals surface area contributed by atoms with Gasteiger partial charge in [-0.3, -0.25) is 0 Å². The molecule has 0 radical (unpaired) electrons. The van der Waals surface area contributed by atoms with Crippen molar-refractivity contribution in [2.45, 2.75) is 59.2 Å². The highest BCUT2D eigenvalue weighted by molar-refractivity contribution is 5.82. The summed E-state index contributed by atoms with van der Waals surface area (Å²) in [4.78, 5) is 0. The van der Waals surface area contributed by atoms with Crippen LogP contribution in [-0.2, 0) is 17.9 Å². The molecule has 0 spiro atoms. The van der Waals surface area contributed by atoms with Crippen LogP contribution in [0.1, 0.15) is 51.9 Å². The molecule has 2 rings (SSSR count). The normalized spacial score (nSPS) is 12.2. The maximum Gasteiger partial charge on any atom is 0.134 e. The van der Waals surface area contributed by atoms with Gasteiger partial charge in [0.05, 0.1) is 13.2 Å². The number of nitrogens with one attached hydrogen (secondary N) is 1. The van der Waals surface area contributed by atoms with Crippen molar-refractivity contribution in [2.24, 2.45) is 0 Å². The van der Waals surface area contributed by atoms with Crippen LogP contribution >= 0.6 is 0 Å². The van der Waals surface area contributed by atoms with Gasteiger partial charge in [0.15, 0.2) is 0 Å². The summed E-state index contributed by atoms with van der Waals surface area (Å²) in [6.45, 7) is 10.8. The molecule has 0 saturated carbocycles. The average Bonchev–Trinajstić information content (AvgIpc) is 2.79. The molecule has 0 atom stereocenters. The zero-order chi connectivity index (χ0) is 15.3. The minimum atomic E-state index is 0.0688. The van der Waals surface area contributed by atoms with Crippen LogP contribution in [0.2, 0.25) is 0 Å². The van der Waals surface area contributed by atoms with E-state index >= 15 is 0 Å². The molecule has 21 heavy (non-hydrogen) atoms. The minimum Gasteiger partial charge on any atom is -0.459 e. The number of hydrogen-bond donors (Lipinski definition) is 1. The zero-order valence-corrected chi connectivity index (χ0v) is 13.7. The third kappa shape index (κ3) is 4.58. The molecule has 3 nitrogen and oxygen atoms in total. The van der Waals surface area contributed by atoms with Crippen LogP contribution in [0.25, 0.3) is 11.0 Å². The second-order valence-corrected chi connectivity index (χ2v) is 6.51. The number of hydrogen-bond acceptors (Lipinski definition) is 3. The lowest BCUT2D eigenvalue weighted by Gasteiger charge is -2.20. The Morgan fingerprint density at radius 1 is 1.19 bits per heavy atom. The summed E-state index contributed by atoms with van der Waals surface area (Å²) in [7, 11) is 0. The lowest BCUT2D eigenvalue weighted by Crippen LogP contribution is -2.35. The molecule has 3 heteroatoms. The predicted molar refractivity (Wildman–Crippen MR) is 87.4 cm³/mol. The van der Waals surface area contributed by atoms with E-state index in [0.29, 0.717) is 6.61 Å². The molecule has 1 aromatic carbocycles. The van der Waals surface area contributed by atoms with E-state index in [-0.39, 0.29) is 5.54 Å². The second-order valence-electron chi connectivity index (χ2n) is 6.51. The van der Waals surface area contributed by atoms with Gasteiger partial charge in [0.2, 0.25) is 0 Å². The maximum absolute atomic E-state index is 6.01. The van der Waals surface area contributed by atoms with Crippen LogP contribution < -0.4 is 5.32 Å². The quantitative estimate of drug-likeness (QED) is 0.754. The number of rotatable bonds is 7. The van der Waals surface area contributed by atoms with Gasteiger partial charge < -0.3 is 14.5 Å². The maximum atomic E-state index is 6.01. The Labute approximate surface area is 127 Å². The molecule has 0 aliphatic rings. The van der Waals surface area contributed by atoms with Crippen molar-refractivity contribution in [1.29, 1.82) is 0 Å². The van der Waals surface area contributed by atoms with Crippen LogP contribution in [0.3, 0.4) is 0 Å². The lowest BCUT2D eigenvalue weighted by atomic mass is 10.1. The Hall–Kier alpha value is -1.32. The fourth-order valence-corrected chi connectivity index (χ4v) is 2.22. The molecule has 1 N–H and O–H groups in total. The molecule has 0 unspecified atom stereocenters. The summed E-state index contributed by atoms with van der Waals surface area (Å²) < 4.78 is 11.8. The van der Waals surface area contributed by atoms with Gasteiger partial charge in [0, 0.05) is 23.1 Å². The van der Waals surface area contributed by atoms with E-state index < -0.39 is 0 Å². The van der Waals surface area contributed by atoms with Gasteiger partial charge in [0.1, 0.15) is 11.3 Å². The zero-order valence-electron chi connectivity index (χ0n) is 13.7. The molecular formula is C18H27NO2. The van der Waals surface area contributed by atoms with Crippen molar-refractivity contribution in [1.82, 2.24) is 5.32 Å². The highest BCUT2D eigenvalue weighted by Crippen LogP contribution is 2.27. The molecule has 0 aliphatic carbocycles. The standard InChI is InChI=1S/C18H27NO2/c1-5-6-11-20-13-15-14-9-7-8-10-16(14)21-17(15)12-19-18(2,3)4/h7-10,19H,5-6,11-13H2,1-4H3. The average molecular weight is 289 g/mol. The third-order valence-corrected chi connectivity index (χ3v) is 3.45. The molecule has 1 aromatic heterocycles. The number of para-hydroxylation sites is 1. The highest BCUT2D eigenvalue weighted by Gasteiger charge is 2.16. The van der Waals surface area contributed by atoms with Gasteiger partial charge in [-0.05, 0) is 33.3 Å². The topological polar surface area (TPSA) is 34.4 Å². The molecule has 1 heterocycles. The largest absolute Gasteiger partial charge is 0.459 e. The Morgan fingerprint density at radius 3 is 2.67 bits per heavy atom. The fraction of sp³-hybridized carbons (Fsp3) is 0.556. The van der Waals surface area contributed by atoms with Crippen molar-refractivity contribution in [3.8, 4) is 0 Å². The van der Waals surface area contributed by atoms with E-state index in [2.05, 4.69) is 39.1 Å². The molecule has 0 amide bonds. The Balaban J connectivity index is 2.17. The molecule has 116 valence electrons. The number of fused-ring (bicyclic) bond motifs is 1. The number of benzene rings is 1. The van der Waals surface area contributed by atoms with Crippen LogP contribution in [0.4, 0.5) is 0 Å². The molecule has 0 bridgehead atoms. The molecule has 0 aliphatic heterocycles. The van der Waals surface area contributed by atoms with Crippen molar-refractivity contribution < 1.29 is 9.15 Å². The van der Waals surface area contributed by atoms with E-state index in [1.165, 1.54) is 10.9 Å². The van der Waals surface area contributed by atoms with E-state index in [0.717, 1.165) is 37.3 Å². The molecule has 2 aromatic rings. The van der Waals surface area contributed by atoms with Gasteiger partial charge in [0.25, 0.3) is 0 Å². The SMILES string of the molecule is CCCCOCc1c(CNC(C)(C)C)oc2ccccc12. The van der Waals surface area contributed by atoms with Crippen LogP contribution in [0.5, 0.6) is 0 Å². The number of unbranched alkanes of at least 4 members (excludes halogenated alkanes) is 1. The van der Waals surface area contributed by atoms with E-state index in [1.54, 1.807) is 0 Å². The first-order chi connectivity index (χ1) is 10.0. The van der Waals surface area contributed by atoms with Crippen molar-refractivity contribution in [3.63, 3.8) is 0 Å². The summed E-state index contributed by atoms with van der Waals surface area (Å²) in [5.74, 6) is 0.989. The summed E-state index contributed by atoms with van der Waals surface area (Å²) >= 11 is 0. The van der Waals surface area contributed by atoms with Crippen LogP contribution in [0.15, 0.2) is 28.7 Å². The van der Waals surface area contributed by atoms with Gasteiger partial charge in [-0.2, -0.15) is 0 Å². The Morgan fingerprint density at radius 2 is 1.95 bits per heavy atom. The van der Waals surface area contributed by atoms with Gasteiger partial charge in [-0.15, -0.1) is 0 Å². The fourth-order valence-electron chi connectivity index (χ4n) is 2.22. The first-order valence-electron chi connectivity index (χ1n) is 7.83. The van der Waals surface area contributed by atoms with E-state index in [9.17, 15) is 0 Å². The highest BCUT2D eigenvalue weighted by atomic mass is 16.5. The predicted octanol–water partition coefficient (Wildman–Crippen LogP) is 4.64. The van der Waals surface area contributed by atoms with E-state index in [1.807, 2.05) is 18.2 Å². The first kappa shape index (κ1) is 16.1. The Kier molecular flexibility index (Phi) is 5.43. The monoisotopic (exact) mass is 289 g/mol. The molecule has 0 saturated heterocycles. The lowest BCUT2D eigenvalue weighted by molar-refractivity contribution is 0.117. The van der Waals surface area contributed by atoms with Gasteiger partial charge in [-0.25, -0.2) is 0 Å². The summed E-state index contributed by atoms with van der Waals surface area (Å²) in [5, 5.41) is 4.66. The van der Waals surface area contributed by atoms with E-state index in [4.69, 9.17) is 9.15 Å². The second kappa shape index (κ2) is 7.10. The van der Waals surface area contributed by atoms with Gasteiger partial charge >= 0.3 is 0 Å². The summed E-state index contributed by atoms with van der Waals surface area (Å²) in [5.41, 5.74) is 2.19. The number of ether oxygens (including phenoxy) is 1. The third-order valence-electron chi connectivity index (χ3n) is 3.45.